The molecule has 0 unspecified atom stereocenters. The topological polar surface area (TPSA) is 207 Å². The number of rotatable bonds is 10. The average molecular weight is 587 g/mol. The Morgan fingerprint density at radius 3 is 1.00 bits per heavy atom. The molecule has 3 aromatic rings. The number of aryl methyl sites for hydroxylation is 2. The van der Waals surface area contributed by atoms with Crippen LogP contribution in [0.15, 0.2) is 48.5 Å². The zero-order valence-electron chi connectivity index (χ0n) is 24.1. The van der Waals surface area contributed by atoms with Gasteiger partial charge >= 0.3 is 11.9 Å². The average Bonchev–Trinajstić information content (AvgIpc) is 2.93. The second kappa shape index (κ2) is 20.0. The van der Waals surface area contributed by atoms with E-state index in [4.69, 9.17) is 30.0 Å². The number of benzene rings is 3. The molecule has 12 heteroatoms. The number of carbonyl (C=O) groups excluding carboxylic acids is 2. The standard InChI is InChI=1S/C24H24N2O6.2C2H4O2.C2H6/c27-21(25-13-23(29)30)11-9-19-15-5-1-2-6-16(15)20(18-8-4-3-7-17(18)19)10-12-22(28)26-14-24(31)32;2*1-2(3)4;1-2/h1-8H,9-14H2,(H,25,27)(H,26,28)(H,29,30)(H,31,32);2*1H3,(H,3,4);1-2H3. The molecule has 0 radical (unpaired) electrons. The molecule has 0 atom stereocenters. The Hall–Kier alpha value is -5.00. The number of fused-ring (bicyclic) bond motifs is 2. The van der Waals surface area contributed by atoms with Crippen molar-refractivity contribution in [2.75, 3.05) is 13.1 Å². The van der Waals surface area contributed by atoms with E-state index in [0.29, 0.717) is 12.8 Å². The highest BCUT2D eigenvalue weighted by molar-refractivity contribution is 6.06. The van der Waals surface area contributed by atoms with Crippen molar-refractivity contribution >= 4 is 57.2 Å². The van der Waals surface area contributed by atoms with Gasteiger partial charge < -0.3 is 31.1 Å². The molecule has 0 spiro atoms. The SMILES string of the molecule is CC.CC(=O)O.CC(=O)O.O=C(O)CNC(=O)CCc1c2ccccc2c(CCC(=O)NCC(=O)O)c2ccccc12. The van der Waals surface area contributed by atoms with E-state index in [9.17, 15) is 19.2 Å². The summed E-state index contributed by atoms with van der Waals surface area (Å²) in [4.78, 5) is 63.5. The zero-order valence-corrected chi connectivity index (χ0v) is 24.1. The van der Waals surface area contributed by atoms with Crippen molar-refractivity contribution < 1.29 is 49.2 Å². The lowest BCUT2D eigenvalue weighted by atomic mass is 9.88. The van der Waals surface area contributed by atoms with Crippen LogP contribution in [-0.4, -0.2) is 69.2 Å². The van der Waals surface area contributed by atoms with Gasteiger partial charge in [0.15, 0.2) is 0 Å². The summed E-state index contributed by atoms with van der Waals surface area (Å²) >= 11 is 0. The smallest absolute Gasteiger partial charge is 0.322 e. The highest BCUT2D eigenvalue weighted by Gasteiger charge is 2.16. The lowest BCUT2D eigenvalue weighted by Crippen LogP contribution is -2.29. The minimum atomic E-state index is -1.09. The molecule has 0 aliphatic carbocycles. The number of hydrogen-bond acceptors (Lipinski definition) is 6. The summed E-state index contributed by atoms with van der Waals surface area (Å²) in [6.07, 6.45) is 1.17. The molecular formula is C30H38N2O10. The fourth-order valence-electron chi connectivity index (χ4n) is 3.85. The van der Waals surface area contributed by atoms with E-state index < -0.39 is 37.0 Å². The Kier molecular flexibility index (Phi) is 17.6. The molecule has 12 nitrogen and oxygen atoms in total. The number of aliphatic carboxylic acids is 4. The van der Waals surface area contributed by atoms with Crippen molar-refractivity contribution in [1.29, 1.82) is 0 Å². The van der Waals surface area contributed by atoms with Crippen LogP contribution < -0.4 is 10.6 Å². The van der Waals surface area contributed by atoms with Crippen molar-refractivity contribution in [3.63, 3.8) is 0 Å². The van der Waals surface area contributed by atoms with Crippen LogP contribution in [0.3, 0.4) is 0 Å². The van der Waals surface area contributed by atoms with Gasteiger partial charge in [-0.1, -0.05) is 62.4 Å². The van der Waals surface area contributed by atoms with E-state index in [1.54, 1.807) is 0 Å². The van der Waals surface area contributed by atoms with Crippen LogP contribution in [0.25, 0.3) is 21.5 Å². The van der Waals surface area contributed by atoms with E-state index in [1.165, 1.54) is 0 Å². The van der Waals surface area contributed by atoms with Crippen LogP contribution in [0.5, 0.6) is 0 Å². The molecule has 228 valence electrons. The summed E-state index contributed by atoms with van der Waals surface area (Å²) in [6.45, 7) is 5.34. The summed E-state index contributed by atoms with van der Waals surface area (Å²) in [5.41, 5.74) is 1.97. The maximum Gasteiger partial charge on any atom is 0.322 e. The number of nitrogens with one attached hydrogen (secondary N) is 2. The third-order valence-electron chi connectivity index (χ3n) is 5.23. The summed E-state index contributed by atoms with van der Waals surface area (Å²) in [5.74, 6) is -4.52. The zero-order chi connectivity index (χ0) is 32.2. The van der Waals surface area contributed by atoms with Gasteiger partial charge in [0.2, 0.25) is 11.8 Å². The molecular weight excluding hydrogens is 548 g/mol. The maximum absolute atomic E-state index is 12.1. The van der Waals surface area contributed by atoms with E-state index >= 15 is 0 Å². The summed E-state index contributed by atoms with van der Waals surface area (Å²) in [5, 5.41) is 41.0. The van der Waals surface area contributed by atoms with Gasteiger partial charge in [-0.2, -0.15) is 0 Å². The van der Waals surface area contributed by atoms with Gasteiger partial charge in [-0.05, 0) is 45.5 Å². The number of carboxylic acids is 4. The molecule has 6 N–H and O–H groups in total. The van der Waals surface area contributed by atoms with Gasteiger partial charge in [-0.3, -0.25) is 28.8 Å². The third-order valence-corrected chi connectivity index (χ3v) is 5.23. The van der Waals surface area contributed by atoms with Crippen molar-refractivity contribution in [3.05, 3.63) is 59.7 Å². The lowest BCUT2D eigenvalue weighted by molar-refractivity contribution is -0.138. The van der Waals surface area contributed by atoms with Crippen LogP contribution in [0.4, 0.5) is 0 Å². The fraction of sp³-hybridized carbons (Fsp3) is 0.333. The molecule has 0 bridgehead atoms. The Labute approximate surface area is 243 Å². The van der Waals surface area contributed by atoms with Crippen LogP contribution in [0.1, 0.15) is 51.7 Å². The first-order chi connectivity index (χ1) is 19.8. The number of amides is 2. The fourth-order valence-corrected chi connectivity index (χ4v) is 3.85. The van der Waals surface area contributed by atoms with E-state index in [-0.39, 0.29) is 24.7 Å². The first-order valence-corrected chi connectivity index (χ1v) is 13.1. The highest BCUT2D eigenvalue weighted by atomic mass is 16.4. The van der Waals surface area contributed by atoms with Crippen molar-refractivity contribution in [2.45, 2.75) is 53.4 Å². The largest absolute Gasteiger partial charge is 0.481 e. The molecule has 2 amide bonds. The van der Waals surface area contributed by atoms with Gasteiger partial charge in [-0.25, -0.2) is 0 Å². The third kappa shape index (κ3) is 14.4. The second-order valence-corrected chi connectivity index (χ2v) is 8.43. The summed E-state index contributed by atoms with van der Waals surface area (Å²) < 4.78 is 0. The molecule has 0 aromatic heterocycles. The van der Waals surface area contributed by atoms with E-state index in [2.05, 4.69) is 10.6 Å². The molecule has 0 heterocycles. The Bertz CT molecular complexity index is 1220. The first kappa shape index (κ1) is 37.0. The van der Waals surface area contributed by atoms with Crippen molar-refractivity contribution in [2.24, 2.45) is 0 Å². The van der Waals surface area contributed by atoms with Crippen LogP contribution in [0.2, 0.25) is 0 Å². The van der Waals surface area contributed by atoms with Gasteiger partial charge in [0.25, 0.3) is 11.9 Å². The molecule has 0 aliphatic rings. The van der Waals surface area contributed by atoms with Crippen molar-refractivity contribution in [3.8, 4) is 0 Å². The minimum absolute atomic E-state index is 0.151. The highest BCUT2D eigenvalue weighted by Crippen LogP contribution is 2.34. The van der Waals surface area contributed by atoms with E-state index in [0.717, 1.165) is 46.5 Å². The Balaban J connectivity index is 0.00000147. The Morgan fingerprint density at radius 2 is 0.786 bits per heavy atom. The maximum atomic E-state index is 12.1. The van der Waals surface area contributed by atoms with Crippen LogP contribution in [0, 0.1) is 0 Å². The molecule has 3 aromatic carbocycles. The van der Waals surface area contributed by atoms with Gasteiger partial charge in [0, 0.05) is 26.7 Å². The molecule has 3 rings (SSSR count). The van der Waals surface area contributed by atoms with E-state index in [1.807, 2.05) is 62.4 Å². The summed E-state index contributed by atoms with van der Waals surface area (Å²) in [6, 6.07) is 15.5. The molecule has 0 aliphatic heterocycles. The van der Waals surface area contributed by atoms with Crippen LogP contribution >= 0.6 is 0 Å². The number of hydrogen-bond donors (Lipinski definition) is 6. The van der Waals surface area contributed by atoms with Gasteiger partial charge in [0.05, 0.1) is 0 Å². The molecule has 0 saturated carbocycles. The Morgan fingerprint density at radius 1 is 0.548 bits per heavy atom. The van der Waals surface area contributed by atoms with Crippen LogP contribution in [-0.2, 0) is 41.6 Å². The molecule has 42 heavy (non-hydrogen) atoms. The predicted molar refractivity (Wildman–Crippen MR) is 157 cm³/mol. The first-order valence-electron chi connectivity index (χ1n) is 13.1. The number of carboxylic acid groups (broad SMARTS) is 4. The van der Waals surface area contributed by atoms with Crippen molar-refractivity contribution in [1.82, 2.24) is 10.6 Å². The van der Waals surface area contributed by atoms with Gasteiger partial charge in [-0.15, -0.1) is 0 Å². The second-order valence-electron chi connectivity index (χ2n) is 8.43. The normalized spacial score (nSPS) is 9.52. The quantitative estimate of drug-likeness (QED) is 0.191. The lowest BCUT2D eigenvalue weighted by Gasteiger charge is -2.17. The minimum Gasteiger partial charge on any atom is -0.481 e. The monoisotopic (exact) mass is 586 g/mol. The van der Waals surface area contributed by atoms with Gasteiger partial charge in [0.1, 0.15) is 13.1 Å². The summed E-state index contributed by atoms with van der Waals surface area (Å²) in [7, 11) is 0. The molecule has 0 fully saturated rings. The molecule has 0 saturated heterocycles. The predicted octanol–water partition coefficient (Wildman–Crippen LogP) is 3.47. The number of carbonyl (C=O) groups is 6.